The summed E-state index contributed by atoms with van der Waals surface area (Å²) in [6.07, 6.45) is 0. The summed E-state index contributed by atoms with van der Waals surface area (Å²) in [6.45, 7) is 2.00. The van der Waals surface area contributed by atoms with Gasteiger partial charge in [0.25, 0.3) is 0 Å². The lowest BCUT2D eigenvalue weighted by molar-refractivity contribution is 1.46. The molecule has 0 amide bonds. The third-order valence-electron chi connectivity index (χ3n) is 2.30. The van der Waals surface area contributed by atoms with E-state index in [0.717, 1.165) is 26.2 Å². The highest BCUT2D eigenvalue weighted by molar-refractivity contribution is 9.10. The van der Waals surface area contributed by atoms with E-state index in [1.165, 1.54) is 0 Å². The van der Waals surface area contributed by atoms with Gasteiger partial charge in [0.1, 0.15) is 0 Å². The van der Waals surface area contributed by atoms with Gasteiger partial charge in [0.05, 0.1) is 0 Å². The van der Waals surface area contributed by atoms with Crippen LogP contribution in [0.25, 0.3) is 11.1 Å². The molecule has 0 aliphatic rings. The normalized spacial score (nSPS) is 10.3. The molecule has 1 radical (unpaired) electrons. The molecule has 2 rings (SSSR count). The molecule has 2 heteroatoms. The first kappa shape index (κ1) is 10.7. The van der Waals surface area contributed by atoms with Crippen LogP contribution in [0.4, 0.5) is 0 Å². The molecule has 15 heavy (non-hydrogen) atoms. The summed E-state index contributed by atoms with van der Waals surface area (Å²) in [7, 11) is 0. The van der Waals surface area contributed by atoms with Gasteiger partial charge in [-0.1, -0.05) is 51.8 Å². The second-order valence-electron chi connectivity index (χ2n) is 3.37. The summed E-state index contributed by atoms with van der Waals surface area (Å²) in [5.41, 5.74) is 3.35. The van der Waals surface area contributed by atoms with E-state index in [1.54, 1.807) is 0 Å². The average Bonchev–Trinajstić information content (AvgIpc) is 2.23. The third-order valence-corrected chi connectivity index (χ3v) is 3.36. The van der Waals surface area contributed by atoms with Crippen molar-refractivity contribution in [3.8, 4) is 11.1 Å². The number of hydrogen-bond donors (Lipinski definition) is 0. The van der Waals surface area contributed by atoms with E-state index in [2.05, 4.69) is 28.1 Å². The van der Waals surface area contributed by atoms with Crippen molar-refractivity contribution >= 4 is 27.5 Å². The number of hydrogen-bond acceptors (Lipinski definition) is 0. The fourth-order valence-corrected chi connectivity index (χ4v) is 2.08. The van der Waals surface area contributed by atoms with Crippen molar-refractivity contribution in [3.05, 3.63) is 57.5 Å². The van der Waals surface area contributed by atoms with Crippen LogP contribution >= 0.6 is 27.5 Å². The smallest absolute Gasteiger partial charge is 0.0441 e. The fraction of sp³-hybridized carbons (Fsp3) is 0.0769. The van der Waals surface area contributed by atoms with Crippen LogP contribution in [0.2, 0.25) is 5.02 Å². The molecule has 0 saturated carbocycles. The zero-order valence-corrected chi connectivity index (χ0v) is 10.6. The van der Waals surface area contributed by atoms with Gasteiger partial charge in [-0.25, -0.2) is 0 Å². The summed E-state index contributed by atoms with van der Waals surface area (Å²) in [5.74, 6) is 0. The van der Waals surface area contributed by atoms with Crippen molar-refractivity contribution in [3.63, 3.8) is 0 Å². The molecular weight excluding hydrogens is 272 g/mol. The minimum absolute atomic E-state index is 0.798. The van der Waals surface area contributed by atoms with Crippen LogP contribution in [-0.2, 0) is 0 Å². The predicted molar refractivity (Wildman–Crippen MR) is 68.2 cm³/mol. The first-order valence-corrected chi connectivity index (χ1v) is 5.77. The van der Waals surface area contributed by atoms with Gasteiger partial charge in [-0.05, 0) is 41.8 Å². The fourth-order valence-electron chi connectivity index (χ4n) is 1.40. The maximum atomic E-state index is 6.09. The number of rotatable bonds is 1. The molecule has 0 aromatic heterocycles. The summed E-state index contributed by atoms with van der Waals surface area (Å²) in [4.78, 5) is 0. The lowest BCUT2D eigenvalue weighted by Gasteiger charge is -2.06. The van der Waals surface area contributed by atoms with Gasteiger partial charge in [-0.15, -0.1) is 0 Å². The molecule has 0 aliphatic carbocycles. The summed E-state index contributed by atoms with van der Waals surface area (Å²) < 4.78 is 1.03. The van der Waals surface area contributed by atoms with Gasteiger partial charge in [0, 0.05) is 9.50 Å². The molecule has 2 aromatic rings. The highest BCUT2D eigenvalue weighted by Crippen LogP contribution is 2.30. The monoisotopic (exact) mass is 279 g/mol. The van der Waals surface area contributed by atoms with Crippen LogP contribution in [0.5, 0.6) is 0 Å². The Morgan fingerprint density at radius 1 is 1.27 bits per heavy atom. The SMILES string of the molecule is Cc1ccc(-c2cc[c]cc2Br)cc1Cl. The molecule has 0 atom stereocenters. The van der Waals surface area contributed by atoms with Crippen LogP contribution in [0.1, 0.15) is 5.56 Å². The largest absolute Gasteiger partial charge is 0.0840 e. The maximum absolute atomic E-state index is 6.09. The van der Waals surface area contributed by atoms with E-state index in [-0.39, 0.29) is 0 Å². The zero-order chi connectivity index (χ0) is 10.8. The van der Waals surface area contributed by atoms with Gasteiger partial charge in [-0.2, -0.15) is 0 Å². The zero-order valence-electron chi connectivity index (χ0n) is 8.22. The molecule has 0 unspecified atom stereocenters. The maximum Gasteiger partial charge on any atom is 0.0441 e. The summed E-state index contributed by atoms with van der Waals surface area (Å²) in [6, 6.07) is 14.9. The first-order valence-electron chi connectivity index (χ1n) is 4.60. The van der Waals surface area contributed by atoms with Gasteiger partial charge in [-0.3, -0.25) is 0 Å². The molecular formula is C13H9BrCl. The van der Waals surface area contributed by atoms with Gasteiger partial charge < -0.3 is 0 Å². The number of aryl methyl sites for hydroxylation is 1. The van der Waals surface area contributed by atoms with E-state index in [9.17, 15) is 0 Å². The molecule has 0 bridgehead atoms. The standard InChI is InChI=1S/C13H9BrCl/c1-9-6-7-10(8-13(9)15)11-4-2-3-5-12(11)14/h2,4-8H,1H3. The Hall–Kier alpha value is -0.790. The minimum Gasteiger partial charge on any atom is -0.0840 e. The Morgan fingerprint density at radius 3 is 2.73 bits per heavy atom. The third kappa shape index (κ3) is 2.24. The van der Waals surface area contributed by atoms with Crippen molar-refractivity contribution in [1.82, 2.24) is 0 Å². The Balaban J connectivity index is 2.55. The van der Waals surface area contributed by atoms with E-state index in [4.69, 9.17) is 11.6 Å². The molecule has 2 aromatic carbocycles. The van der Waals surface area contributed by atoms with Gasteiger partial charge in [0.15, 0.2) is 0 Å². The summed E-state index contributed by atoms with van der Waals surface area (Å²) >= 11 is 9.59. The van der Waals surface area contributed by atoms with E-state index >= 15 is 0 Å². The van der Waals surface area contributed by atoms with Gasteiger partial charge in [0.2, 0.25) is 0 Å². The predicted octanol–water partition coefficient (Wildman–Crippen LogP) is 4.88. The quantitative estimate of drug-likeness (QED) is 0.698. The van der Waals surface area contributed by atoms with Crippen LogP contribution in [0.3, 0.4) is 0 Å². The molecule has 0 fully saturated rings. The van der Waals surface area contributed by atoms with Crippen molar-refractivity contribution in [1.29, 1.82) is 0 Å². The molecule has 0 N–H and O–H groups in total. The highest BCUT2D eigenvalue weighted by atomic mass is 79.9. The van der Waals surface area contributed by atoms with E-state index in [0.29, 0.717) is 0 Å². The van der Waals surface area contributed by atoms with Crippen molar-refractivity contribution in [2.24, 2.45) is 0 Å². The molecule has 0 heterocycles. The van der Waals surface area contributed by atoms with Gasteiger partial charge >= 0.3 is 0 Å². The van der Waals surface area contributed by atoms with E-state index < -0.39 is 0 Å². The van der Waals surface area contributed by atoms with Crippen LogP contribution in [0.15, 0.2) is 40.9 Å². The van der Waals surface area contributed by atoms with Crippen molar-refractivity contribution in [2.45, 2.75) is 6.92 Å². The lowest BCUT2D eigenvalue weighted by Crippen LogP contribution is -1.81. The molecule has 0 aliphatic heterocycles. The topological polar surface area (TPSA) is 0 Å². The first-order chi connectivity index (χ1) is 7.18. The number of halogens is 2. The molecule has 0 nitrogen and oxygen atoms in total. The Morgan fingerprint density at radius 2 is 2.07 bits per heavy atom. The molecule has 0 saturated heterocycles. The lowest BCUT2D eigenvalue weighted by atomic mass is 10.0. The Kier molecular flexibility index (Phi) is 3.13. The highest BCUT2D eigenvalue weighted by Gasteiger charge is 2.03. The van der Waals surface area contributed by atoms with E-state index in [1.807, 2.05) is 37.3 Å². The average molecular weight is 281 g/mol. The van der Waals surface area contributed by atoms with Crippen LogP contribution < -0.4 is 0 Å². The summed E-state index contributed by atoms with van der Waals surface area (Å²) in [5, 5.41) is 0.798. The van der Waals surface area contributed by atoms with Crippen molar-refractivity contribution < 1.29 is 0 Å². The molecule has 75 valence electrons. The Labute approximate surface area is 103 Å². The van der Waals surface area contributed by atoms with Crippen molar-refractivity contribution in [2.75, 3.05) is 0 Å². The second-order valence-corrected chi connectivity index (χ2v) is 4.63. The van der Waals surface area contributed by atoms with Crippen LogP contribution in [-0.4, -0.2) is 0 Å². The number of benzene rings is 2. The molecule has 0 spiro atoms. The van der Waals surface area contributed by atoms with Crippen LogP contribution in [0, 0.1) is 13.0 Å². The Bertz CT molecular complexity index is 492. The second kappa shape index (κ2) is 4.38. The minimum atomic E-state index is 0.798.